The first-order chi connectivity index (χ1) is 6.43. The minimum absolute atomic E-state index is 0.191. The summed E-state index contributed by atoms with van der Waals surface area (Å²) in [5.74, 6) is 0.448. The molecule has 0 aromatic carbocycles. The lowest BCUT2D eigenvalue weighted by molar-refractivity contribution is -0.141. The fourth-order valence-corrected chi connectivity index (χ4v) is 1.70. The topological polar surface area (TPSA) is 37.3 Å². The van der Waals surface area contributed by atoms with Crippen LogP contribution < -0.4 is 0 Å². The van der Waals surface area contributed by atoms with Crippen molar-refractivity contribution < 1.29 is 9.90 Å². The Kier molecular flexibility index (Phi) is 6.60. The molecule has 0 saturated heterocycles. The van der Waals surface area contributed by atoms with Gasteiger partial charge in [-0.15, -0.1) is 0 Å². The zero-order valence-electron chi connectivity index (χ0n) is 9.92. The first-order valence-electron chi connectivity index (χ1n) is 5.66. The molecule has 0 radical (unpaired) electrons. The van der Waals surface area contributed by atoms with Crippen LogP contribution in [-0.4, -0.2) is 11.1 Å². The van der Waals surface area contributed by atoms with Gasteiger partial charge in [0.25, 0.3) is 0 Å². The van der Waals surface area contributed by atoms with E-state index in [1.807, 2.05) is 0 Å². The molecule has 1 N–H and O–H groups in total. The number of rotatable bonds is 7. The number of hydrogen-bond donors (Lipinski definition) is 1. The van der Waals surface area contributed by atoms with Crippen LogP contribution in [-0.2, 0) is 4.79 Å². The summed E-state index contributed by atoms with van der Waals surface area (Å²) in [6, 6.07) is 0. The van der Waals surface area contributed by atoms with E-state index in [9.17, 15) is 4.79 Å². The highest BCUT2D eigenvalue weighted by Crippen LogP contribution is 2.19. The van der Waals surface area contributed by atoms with Crippen molar-refractivity contribution in [2.24, 2.45) is 17.8 Å². The van der Waals surface area contributed by atoms with Crippen molar-refractivity contribution in [2.45, 2.75) is 53.4 Å². The van der Waals surface area contributed by atoms with Crippen LogP contribution in [0, 0.1) is 17.8 Å². The normalized spacial score (nSPS) is 15.5. The molecule has 84 valence electrons. The second kappa shape index (κ2) is 6.86. The van der Waals surface area contributed by atoms with Crippen LogP contribution in [0.3, 0.4) is 0 Å². The predicted molar refractivity (Wildman–Crippen MR) is 59.3 cm³/mol. The Labute approximate surface area is 87.7 Å². The van der Waals surface area contributed by atoms with Crippen LogP contribution in [0.15, 0.2) is 0 Å². The average molecular weight is 200 g/mol. The van der Waals surface area contributed by atoms with E-state index in [-0.39, 0.29) is 5.92 Å². The van der Waals surface area contributed by atoms with Gasteiger partial charge in [-0.2, -0.15) is 0 Å². The van der Waals surface area contributed by atoms with Crippen LogP contribution >= 0.6 is 0 Å². The zero-order chi connectivity index (χ0) is 11.1. The first-order valence-corrected chi connectivity index (χ1v) is 5.66. The number of carboxylic acids is 1. The second-order valence-electron chi connectivity index (χ2n) is 4.90. The third-order valence-corrected chi connectivity index (χ3v) is 2.66. The summed E-state index contributed by atoms with van der Waals surface area (Å²) in [7, 11) is 0. The van der Waals surface area contributed by atoms with Crippen LogP contribution in [0.2, 0.25) is 0 Å². The van der Waals surface area contributed by atoms with Crippen LogP contribution in [0.1, 0.15) is 53.4 Å². The molecular formula is C12H24O2. The van der Waals surface area contributed by atoms with Gasteiger partial charge in [0, 0.05) is 0 Å². The van der Waals surface area contributed by atoms with Gasteiger partial charge in [0.05, 0.1) is 5.92 Å². The van der Waals surface area contributed by atoms with Crippen molar-refractivity contribution >= 4 is 5.97 Å². The lowest BCUT2D eigenvalue weighted by atomic mass is 9.92. The van der Waals surface area contributed by atoms with E-state index in [2.05, 4.69) is 20.8 Å². The molecule has 0 aliphatic heterocycles. The molecule has 0 aromatic rings. The molecule has 0 bridgehead atoms. The van der Waals surface area contributed by atoms with Gasteiger partial charge in [-0.3, -0.25) is 4.79 Å². The molecule has 0 saturated carbocycles. The maximum absolute atomic E-state index is 10.6. The fourth-order valence-electron chi connectivity index (χ4n) is 1.70. The summed E-state index contributed by atoms with van der Waals surface area (Å²) in [5.41, 5.74) is 0. The maximum atomic E-state index is 10.6. The standard InChI is InChI=1S/C12H24O2/c1-9(2)6-5-7-10(3)8-11(4)12(13)14/h9-11H,5-8H2,1-4H3,(H,13,14). The minimum Gasteiger partial charge on any atom is -0.481 e. The maximum Gasteiger partial charge on any atom is 0.306 e. The summed E-state index contributed by atoms with van der Waals surface area (Å²) in [6.07, 6.45) is 4.46. The Morgan fingerprint density at radius 3 is 2.14 bits per heavy atom. The van der Waals surface area contributed by atoms with Crippen molar-refractivity contribution in [2.75, 3.05) is 0 Å². The molecule has 2 atom stereocenters. The number of carbonyl (C=O) groups is 1. The van der Waals surface area contributed by atoms with Crippen molar-refractivity contribution in [3.05, 3.63) is 0 Å². The summed E-state index contributed by atoms with van der Waals surface area (Å²) < 4.78 is 0. The Hall–Kier alpha value is -0.530. The van der Waals surface area contributed by atoms with Gasteiger partial charge in [0.15, 0.2) is 0 Å². The Bertz CT molecular complexity index is 164. The lowest BCUT2D eigenvalue weighted by Gasteiger charge is -2.14. The molecular weight excluding hydrogens is 176 g/mol. The first kappa shape index (κ1) is 13.5. The van der Waals surface area contributed by atoms with Gasteiger partial charge in [0.1, 0.15) is 0 Å². The summed E-state index contributed by atoms with van der Waals surface area (Å²) in [6.45, 7) is 8.40. The number of hydrogen-bond acceptors (Lipinski definition) is 1. The molecule has 0 aliphatic rings. The van der Waals surface area contributed by atoms with E-state index in [0.29, 0.717) is 5.92 Å². The van der Waals surface area contributed by atoms with Gasteiger partial charge in [-0.1, -0.05) is 47.0 Å². The smallest absolute Gasteiger partial charge is 0.306 e. The van der Waals surface area contributed by atoms with Crippen LogP contribution in [0.25, 0.3) is 0 Å². The van der Waals surface area contributed by atoms with Gasteiger partial charge in [-0.25, -0.2) is 0 Å². The third kappa shape index (κ3) is 6.93. The second-order valence-corrected chi connectivity index (χ2v) is 4.90. The molecule has 0 spiro atoms. The van der Waals surface area contributed by atoms with Crippen molar-refractivity contribution in [3.63, 3.8) is 0 Å². The minimum atomic E-state index is -0.666. The van der Waals surface area contributed by atoms with Crippen molar-refractivity contribution in [1.29, 1.82) is 0 Å². The largest absolute Gasteiger partial charge is 0.481 e. The Morgan fingerprint density at radius 2 is 1.71 bits per heavy atom. The van der Waals surface area contributed by atoms with E-state index >= 15 is 0 Å². The molecule has 14 heavy (non-hydrogen) atoms. The molecule has 0 fully saturated rings. The monoisotopic (exact) mass is 200 g/mol. The Morgan fingerprint density at radius 1 is 1.14 bits per heavy atom. The molecule has 2 nitrogen and oxygen atoms in total. The summed E-state index contributed by atoms with van der Waals surface area (Å²) >= 11 is 0. The van der Waals surface area contributed by atoms with E-state index in [4.69, 9.17) is 5.11 Å². The van der Waals surface area contributed by atoms with Crippen LogP contribution in [0.5, 0.6) is 0 Å². The van der Waals surface area contributed by atoms with E-state index in [0.717, 1.165) is 18.8 Å². The average Bonchev–Trinajstić information content (AvgIpc) is 2.02. The lowest BCUT2D eigenvalue weighted by Crippen LogP contribution is -2.13. The molecule has 0 amide bonds. The SMILES string of the molecule is CC(C)CCCC(C)CC(C)C(=O)O. The molecule has 0 heterocycles. The summed E-state index contributed by atoms with van der Waals surface area (Å²) in [5, 5.41) is 8.74. The van der Waals surface area contributed by atoms with Gasteiger partial charge < -0.3 is 5.11 Å². The van der Waals surface area contributed by atoms with Crippen molar-refractivity contribution in [3.8, 4) is 0 Å². The highest BCUT2D eigenvalue weighted by atomic mass is 16.4. The van der Waals surface area contributed by atoms with Gasteiger partial charge >= 0.3 is 5.97 Å². The molecule has 2 heteroatoms. The highest BCUT2D eigenvalue weighted by molar-refractivity contribution is 5.69. The fraction of sp³-hybridized carbons (Fsp3) is 0.917. The van der Waals surface area contributed by atoms with Crippen molar-refractivity contribution in [1.82, 2.24) is 0 Å². The predicted octanol–water partition coefficient (Wildman–Crippen LogP) is 3.56. The third-order valence-electron chi connectivity index (χ3n) is 2.66. The molecule has 0 rings (SSSR count). The van der Waals surface area contributed by atoms with E-state index < -0.39 is 5.97 Å². The number of aliphatic carboxylic acids is 1. The number of carboxylic acid groups (broad SMARTS) is 1. The summed E-state index contributed by atoms with van der Waals surface area (Å²) in [4.78, 5) is 10.6. The van der Waals surface area contributed by atoms with E-state index in [1.54, 1.807) is 6.92 Å². The molecule has 0 aliphatic carbocycles. The van der Waals surface area contributed by atoms with Gasteiger partial charge in [0.2, 0.25) is 0 Å². The molecule has 2 unspecified atom stereocenters. The quantitative estimate of drug-likeness (QED) is 0.682. The highest BCUT2D eigenvalue weighted by Gasteiger charge is 2.14. The van der Waals surface area contributed by atoms with E-state index in [1.165, 1.54) is 12.8 Å². The Balaban J connectivity index is 3.55. The zero-order valence-corrected chi connectivity index (χ0v) is 9.92. The van der Waals surface area contributed by atoms with Crippen LogP contribution in [0.4, 0.5) is 0 Å². The van der Waals surface area contributed by atoms with Gasteiger partial charge in [-0.05, 0) is 18.3 Å². The molecule has 0 aromatic heterocycles.